The number of benzene rings is 2. The normalized spacial score (nSPS) is 14.0. The van der Waals surface area contributed by atoms with Crippen LogP contribution in [-0.4, -0.2) is 19.6 Å². The number of rotatable bonds is 7. The van der Waals surface area contributed by atoms with Crippen molar-refractivity contribution in [2.75, 3.05) is 19.6 Å². The van der Waals surface area contributed by atoms with Gasteiger partial charge in [0, 0.05) is 26.2 Å². The van der Waals surface area contributed by atoms with E-state index in [1.54, 1.807) is 0 Å². The first kappa shape index (κ1) is 15.5. The highest BCUT2D eigenvalue weighted by Gasteiger charge is 2.15. The molecule has 0 aromatic heterocycles. The molecule has 0 atom stereocenters. The van der Waals surface area contributed by atoms with Crippen LogP contribution in [0.3, 0.4) is 0 Å². The van der Waals surface area contributed by atoms with Crippen LogP contribution in [0.4, 0.5) is 5.69 Å². The zero-order chi connectivity index (χ0) is 15.9. The number of hydrogen-bond donors (Lipinski definition) is 2. The van der Waals surface area contributed by atoms with Gasteiger partial charge < -0.3 is 15.4 Å². The highest BCUT2D eigenvalue weighted by atomic mass is 16.5. The predicted molar refractivity (Wildman–Crippen MR) is 91.5 cm³/mol. The van der Waals surface area contributed by atoms with E-state index in [9.17, 15) is 0 Å². The van der Waals surface area contributed by atoms with Crippen molar-refractivity contribution in [1.29, 1.82) is 0 Å². The van der Waals surface area contributed by atoms with E-state index in [2.05, 4.69) is 27.6 Å². The van der Waals surface area contributed by atoms with Gasteiger partial charge in [-0.3, -0.25) is 0 Å². The lowest BCUT2D eigenvalue weighted by Crippen LogP contribution is -2.47. The van der Waals surface area contributed by atoms with Crippen molar-refractivity contribution < 1.29 is 4.74 Å². The Morgan fingerprint density at radius 2 is 1.96 bits per heavy atom. The smallest absolute Gasteiger partial charge is 0.187 e. The van der Waals surface area contributed by atoms with Crippen molar-refractivity contribution in [3.63, 3.8) is 0 Å². The minimum absolute atomic E-state index is 0.517. The summed E-state index contributed by atoms with van der Waals surface area (Å²) in [6.07, 6.45) is 0. The first-order valence-electron chi connectivity index (χ1n) is 7.93. The highest BCUT2D eigenvalue weighted by molar-refractivity contribution is 5.45. The van der Waals surface area contributed by atoms with E-state index in [-0.39, 0.29) is 0 Å². The molecule has 0 spiro atoms. The second-order valence-electron chi connectivity index (χ2n) is 5.87. The molecule has 0 unspecified atom stereocenters. The minimum atomic E-state index is 0.517. The number of hydrogen-bond acceptors (Lipinski definition) is 3. The van der Waals surface area contributed by atoms with Gasteiger partial charge in [0.25, 0.3) is 0 Å². The van der Waals surface area contributed by atoms with E-state index in [4.69, 9.17) is 11.3 Å². The molecule has 0 saturated carbocycles. The topological polar surface area (TPSA) is 37.6 Å². The fourth-order valence-electron chi connectivity index (χ4n) is 2.49. The molecule has 1 saturated heterocycles. The van der Waals surface area contributed by atoms with Gasteiger partial charge in [-0.2, -0.15) is 0 Å². The zero-order valence-corrected chi connectivity index (χ0v) is 13.1. The van der Waals surface area contributed by atoms with Crippen LogP contribution in [0.15, 0.2) is 48.5 Å². The monoisotopic (exact) mass is 307 g/mol. The van der Waals surface area contributed by atoms with Gasteiger partial charge in [0.1, 0.15) is 12.4 Å². The van der Waals surface area contributed by atoms with Crippen molar-refractivity contribution in [2.45, 2.75) is 13.2 Å². The molecule has 1 fully saturated rings. The Bertz CT molecular complexity index is 672. The number of nitrogens with one attached hydrogen (secondary N) is 2. The van der Waals surface area contributed by atoms with E-state index >= 15 is 0 Å². The Hall–Kier alpha value is -2.35. The van der Waals surface area contributed by atoms with Crippen molar-refractivity contribution in [3.05, 3.63) is 71.1 Å². The molecule has 0 bridgehead atoms. The summed E-state index contributed by atoms with van der Waals surface area (Å²) in [4.78, 5) is 3.39. The number of ether oxygens (including phenoxy) is 1. The maximum atomic E-state index is 6.96. The first-order valence-corrected chi connectivity index (χ1v) is 7.93. The molecule has 23 heavy (non-hydrogen) atoms. The van der Waals surface area contributed by atoms with Gasteiger partial charge >= 0.3 is 0 Å². The second kappa shape index (κ2) is 7.77. The largest absolute Gasteiger partial charge is 0.489 e. The average molecular weight is 307 g/mol. The quantitative estimate of drug-likeness (QED) is 0.772. The lowest BCUT2D eigenvalue weighted by Gasteiger charge is -2.27. The van der Waals surface area contributed by atoms with Crippen molar-refractivity contribution in [3.8, 4) is 5.75 Å². The van der Waals surface area contributed by atoms with E-state index in [1.807, 2.05) is 36.4 Å². The van der Waals surface area contributed by atoms with Crippen molar-refractivity contribution >= 4 is 5.69 Å². The summed E-state index contributed by atoms with van der Waals surface area (Å²) < 4.78 is 5.85. The van der Waals surface area contributed by atoms with E-state index in [1.165, 1.54) is 5.56 Å². The SMILES string of the molecule is [C-]#[N+]c1ccc(COc2cccc(CNCC3CNC3)c2)cc1. The van der Waals surface area contributed by atoms with Crippen molar-refractivity contribution in [2.24, 2.45) is 5.92 Å². The lowest BCUT2D eigenvalue weighted by molar-refractivity contribution is 0.305. The third-order valence-corrected chi connectivity index (χ3v) is 4.00. The molecule has 1 heterocycles. The average Bonchev–Trinajstić information content (AvgIpc) is 2.56. The Morgan fingerprint density at radius 3 is 2.65 bits per heavy atom. The van der Waals surface area contributed by atoms with Gasteiger partial charge in [0.05, 0.1) is 6.57 Å². The summed E-state index contributed by atoms with van der Waals surface area (Å²) in [6, 6.07) is 15.7. The molecule has 0 aliphatic carbocycles. The third-order valence-electron chi connectivity index (χ3n) is 4.00. The molecule has 118 valence electrons. The summed E-state index contributed by atoms with van der Waals surface area (Å²) in [6.45, 7) is 11.7. The van der Waals surface area contributed by atoms with Crippen LogP contribution in [0.25, 0.3) is 4.85 Å². The summed E-state index contributed by atoms with van der Waals surface area (Å²) in [5.41, 5.74) is 2.96. The standard InChI is InChI=1S/C19H21N3O/c1-20-18-7-5-15(6-8-18)14-23-19-4-2-3-16(9-19)10-21-11-17-12-22-13-17/h2-9,17,21-22H,10-14H2. The fourth-order valence-corrected chi connectivity index (χ4v) is 2.49. The van der Waals surface area contributed by atoms with Crippen LogP contribution in [0, 0.1) is 12.5 Å². The van der Waals surface area contributed by atoms with Gasteiger partial charge in [0.15, 0.2) is 5.69 Å². The van der Waals surface area contributed by atoms with Crippen LogP contribution >= 0.6 is 0 Å². The molecule has 4 heteroatoms. The maximum absolute atomic E-state index is 6.96. The van der Waals surface area contributed by atoms with Gasteiger partial charge in [-0.1, -0.05) is 36.4 Å². The highest BCUT2D eigenvalue weighted by Crippen LogP contribution is 2.17. The third kappa shape index (κ3) is 4.56. The Labute approximate surface area is 137 Å². The molecule has 0 amide bonds. The number of nitrogens with zero attached hydrogens (tertiary/aromatic N) is 1. The molecular formula is C19H21N3O. The van der Waals surface area contributed by atoms with Crippen molar-refractivity contribution in [1.82, 2.24) is 10.6 Å². The van der Waals surface area contributed by atoms with Crippen LogP contribution < -0.4 is 15.4 Å². The van der Waals surface area contributed by atoms with Gasteiger partial charge in [-0.05, 0) is 29.2 Å². The summed E-state index contributed by atoms with van der Waals surface area (Å²) in [5.74, 6) is 1.65. The Balaban J connectivity index is 1.49. The van der Waals surface area contributed by atoms with E-state index in [0.717, 1.165) is 43.4 Å². The molecule has 2 aromatic carbocycles. The summed E-state index contributed by atoms with van der Waals surface area (Å²) in [5, 5.41) is 6.78. The summed E-state index contributed by atoms with van der Waals surface area (Å²) >= 11 is 0. The first-order chi connectivity index (χ1) is 11.3. The molecule has 2 N–H and O–H groups in total. The molecule has 3 rings (SSSR count). The van der Waals surface area contributed by atoms with E-state index in [0.29, 0.717) is 12.3 Å². The minimum Gasteiger partial charge on any atom is -0.489 e. The predicted octanol–water partition coefficient (Wildman–Crippen LogP) is 3.13. The van der Waals surface area contributed by atoms with E-state index < -0.39 is 0 Å². The molecule has 1 aliphatic rings. The van der Waals surface area contributed by atoms with Gasteiger partial charge in [-0.15, -0.1) is 0 Å². The molecule has 4 nitrogen and oxygen atoms in total. The van der Waals surface area contributed by atoms with Gasteiger partial charge in [0.2, 0.25) is 0 Å². The van der Waals surface area contributed by atoms with Crippen LogP contribution in [0.2, 0.25) is 0 Å². The Morgan fingerprint density at radius 1 is 1.13 bits per heavy atom. The molecule has 2 aromatic rings. The van der Waals surface area contributed by atoms with Crippen LogP contribution in [0.5, 0.6) is 5.75 Å². The Kier molecular flexibility index (Phi) is 5.25. The fraction of sp³-hybridized carbons (Fsp3) is 0.316. The zero-order valence-electron chi connectivity index (χ0n) is 13.1. The van der Waals surface area contributed by atoms with Crippen LogP contribution in [0.1, 0.15) is 11.1 Å². The summed E-state index contributed by atoms with van der Waals surface area (Å²) in [7, 11) is 0. The molecule has 0 radical (unpaired) electrons. The lowest BCUT2D eigenvalue weighted by atomic mass is 10.0. The van der Waals surface area contributed by atoms with Crippen LogP contribution in [-0.2, 0) is 13.2 Å². The van der Waals surface area contributed by atoms with Gasteiger partial charge in [-0.25, -0.2) is 4.85 Å². The maximum Gasteiger partial charge on any atom is 0.187 e. The molecule has 1 aliphatic heterocycles. The second-order valence-corrected chi connectivity index (χ2v) is 5.87. The molecular weight excluding hydrogens is 286 g/mol.